The van der Waals surface area contributed by atoms with Gasteiger partial charge in [0.05, 0.1) is 17.2 Å². The number of para-hydroxylation sites is 1. The molecule has 1 fully saturated rings. The van der Waals surface area contributed by atoms with Crippen molar-refractivity contribution in [2.24, 2.45) is 0 Å². The lowest BCUT2D eigenvalue weighted by atomic mass is 9.73. The predicted octanol–water partition coefficient (Wildman–Crippen LogP) is 7.22. The highest BCUT2D eigenvalue weighted by atomic mass is 16.7. The van der Waals surface area contributed by atoms with Gasteiger partial charge in [-0.05, 0) is 74.5 Å². The fourth-order valence-electron chi connectivity index (χ4n) is 5.21. The second-order valence-electron chi connectivity index (χ2n) is 10.4. The Morgan fingerprint density at radius 1 is 0.765 bits per heavy atom. The second-order valence-corrected chi connectivity index (χ2v) is 10.4. The van der Waals surface area contributed by atoms with Gasteiger partial charge in [0.25, 0.3) is 0 Å². The fourth-order valence-corrected chi connectivity index (χ4v) is 5.21. The minimum absolute atomic E-state index is 0.270. The van der Waals surface area contributed by atoms with E-state index in [4.69, 9.17) is 9.31 Å². The lowest BCUT2D eigenvalue weighted by Gasteiger charge is -2.32. The molecule has 3 aromatic carbocycles. The molecule has 2 aliphatic heterocycles. The van der Waals surface area contributed by atoms with Gasteiger partial charge in [-0.1, -0.05) is 72.8 Å². The number of hydrogen-bond acceptors (Lipinski definition) is 3. The summed E-state index contributed by atoms with van der Waals surface area (Å²) in [7, 11) is -0.329. The first-order valence-electron chi connectivity index (χ1n) is 12.2. The molecule has 0 N–H and O–H groups in total. The van der Waals surface area contributed by atoms with Crippen molar-refractivity contribution < 1.29 is 9.31 Å². The summed E-state index contributed by atoms with van der Waals surface area (Å²) in [5.74, 6) is 0. The fraction of sp³-hybridized carbons (Fsp3) is 0.267. The van der Waals surface area contributed by atoms with E-state index >= 15 is 0 Å². The summed E-state index contributed by atoms with van der Waals surface area (Å²) in [4.78, 5) is 2.48. The summed E-state index contributed by atoms with van der Waals surface area (Å²) in [6, 6.07) is 28.5. The molecular formula is C30H30BNO2. The number of fused-ring (bicyclic) bond motifs is 3. The summed E-state index contributed by atoms with van der Waals surface area (Å²) >= 11 is 0. The van der Waals surface area contributed by atoms with Crippen molar-refractivity contribution in [1.29, 1.82) is 0 Å². The van der Waals surface area contributed by atoms with E-state index in [2.05, 4.69) is 124 Å². The van der Waals surface area contributed by atoms with Crippen LogP contribution < -0.4 is 4.90 Å². The Labute approximate surface area is 202 Å². The van der Waals surface area contributed by atoms with E-state index in [-0.39, 0.29) is 24.4 Å². The lowest BCUT2D eigenvalue weighted by molar-refractivity contribution is 0.00578. The van der Waals surface area contributed by atoms with Crippen molar-refractivity contribution in [1.82, 2.24) is 0 Å². The van der Waals surface area contributed by atoms with E-state index in [1.165, 1.54) is 33.6 Å². The molecule has 0 amide bonds. The Balaban J connectivity index is 1.34. The van der Waals surface area contributed by atoms with E-state index in [0.717, 1.165) is 11.9 Å². The zero-order valence-corrected chi connectivity index (χ0v) is 20.3. The number of anilines is 2. The van der Waals surface area contributed by atoms with Gasteiger partial charge in [0.1, 0.15) is 0 Å². The Bertz CT molecular complexity index is 1270. The molecule has 1 saturated heterocycles. The van der Waals surface area contributed by atoms with Crippen LogP contribution in [0.1, 0.15) is 39.7 Å². The molecule has 6 rings (SSSR count). The monoisotopic (exact) mass is 447 g/mol. The normalized spacial score (nSPS) is 22.2. The SMILES string of the molecule is CC1(C)OB(C2=CCC3C(=C2)c2ccccc2N3c2ccc(-c3ccccc3)cc2)OC1(C)C. The predicted molar refractivity (Wildman–Crippen MR) is 141 cm³/mol. The molecule has 0 aromatic heterocycles. The van der Waals surface area contributed by atoms with E-state index in [0.29, 0.717) is 0 Å². The van der Waals surface area contributed by atoms with Crippen LogP contribution in [0.3, 0.4) is 0 Å². The average Bonchev–Trinajstić information content (AvgIpc) is 3.29. The van der Waals surface area contributed by atoms with Crippen LogP contribution in [0.2, 0.25) is 0 Å². The van der Waals surface area contributed by atoms with Crippen LogP contribution in [-0.4, -0.2) is 24.4 Å². The Morgan fingerprint density at radius 3 is 2.09 bits per heavy atom. The first kappa shape index (κ1) is 21.5. The van der Waals surface area contributed by atoms with Crippen molar-refractivity contribution in [3.8, 4) is 11.1 Å². The van der Waals surface area contributed by atoms with Gasteiger partial charge >= 0.3 is 7.12 Å². The maximum absolute atomic E-state index is 6.36. The van der Waals surface area contributed by atoms with Crippen LogP contribution in [0.5, 0.6) is 0 Å². The van der Waals surface area contributed by atoms with Crippen LogP contribution in [0, 0.1) is 0 Å². The van der Waals surface area contributed by atoms with E-state index in [9.17, 15) is 0 Å². The molecule has 3 nitrogen and oxygen atoms in total. The molecule has 2 heterocycles. The molecule has 1 aliphatic carbocycles. The Kier molecular flexibility index (Phi) is 4.88. The third-order valence-corrected chi connectivity index (χ3v) is 7.82. The van der Waals surface area contributed by atoms with Crippen molar-refractivity contribution in [3.05, 3.63) is 102 Å². The topological polar surface area (TPSA) is 21.7 Å². The van der Waals surface area contributed by atoms with Gasteiger partial charge in [-0.3, -0.25) is 0 Å². The summed E-state index contributed by atoms with van der Waals surface area (Å²) in [6.45, 7) is 8.44. The Morgan fingerprint density at radius 2 is 1.38 bits per heavy atom. The number of benzene rings is 3. The maximum atomic E-state index is 6.36. The highest BCUT2D eigenvalue weighted by Gasteiger charge is 2.52. The van der Waals surface area contributed by atoms with E-state index in [1.807, 2.05) is 0 Å². The number of allylic oxidation sites excluding steroid dienone is 2. The first-order chi connectivity index (χ1) is 16.3. The average molecular weight is 447 g/mol. The van der Waals surface area contributed by atoms with Crippen LogP contribution in [0.4, 0.5) is 11.4 Å². The molecule has 1 atom stereocenters. The summed E-state index contributed by atoms with van der Waals surface area (Å²) < 4.78 is 12.7. The highest BCUT2D eigenvalue weighted by molar-refractivity contribution is 6.56. The molecule has 3 aromatic rings. The molecule has 1 unspecified atom stereocenters. The van der Waals surface area contributed by atoms with Gasteiger partial charge in [-0.2, -0.15) is 0 Å². The molecule has 0 saturated carbocycles. The molecule has 170 valence electrons. The van der Waals surface area contributed by atoms with Gasteiger partial charge in [-0.25, -0.2) is 0 Å². The largest absolute Gasteiger partial charge is 0.494 e. The molecular weight excluding hydrogens is 417 g/mol. The summed E-state index contributed by atoms with van der Waals surface area (Å²) in [6.07, 6.45) is 5.52. The third kappa shape index (κ3) is 3.36. The van der Waals surface area contributed by atoms with Crippen molar-refractivity contribution in [3.63, 3.8) is 0 Å². The van der Waals surface area contributed by atoms with Crippen molar-refractivity contribution in [2.75, 3.05) is 4.90 Å². The number of rotatable bonds is 3. The second kappa shape index (κ2) is 7.73. The maximum Gasteiger partial charge on any atom is 0.494 e. The van der Waals surface area contributed by atoms with Gasteiger partial charge in [0.15, 0.2) is 0 Å². The molecule has 4 heteroatoms. The third-order valence-electron chi connectivity index (χ3n) is 7.82. The van der Waals surface area contributed by atoms with Crippen LogP contribution in [0.15, 0.2) is 96.5 Å². The zero-order valence-electron chi connectivity index (χ0n) is 20.3. The van der Waals surface area contributed by atoms with Crippen molar-refractivity contribution in [2.45, 2.75) is 51.4 Å². The Hall–Kier alpha value is -3.08. The van der Waals surface area contributed by atoms with Crippen molar-refractivity contribution >= 4 is 24.1 Å². The van der Waals surface area contributed by atoms with Crippen LogP contribution in [0.25, 0.3) is 16.7 Å². The minimum Gasteiger partial charge on any atom is -0.399 e. The molecule has 0 radical (unpaired) electrons. The standard InChI is InChI=1S/C30H30BNO2/c1-29(2)30(3,4)34-31(33-29)23-16-19-28-26(20-23)25-12-8-9-13-27(25)32(28)24-17-14-22(15-18-24)21-10-6-5-7-11-21/h5-18,20,28H,19H2,1-4H3. The summed E-state index contributed by atoms with van der Waals surface area (Å²) in [5, 5.41) is 0. The number of nitrogens with zero attached hydrogens (tertiary/aromatic N) is 1. The van der Waals surface area contributed by atoms with Gasteiger partial charge < -0.3 is 14.2 Å². The van der Waals surface area contributed by atoms with Crippen LogP contribution in [-0.2, 0) is 9.31 Å². The van der Waals surface area contributed by atoms with Crippen LogP contribution >= 0.6 is 0 Å². The van der Waals surface area contributed by atoms with Gasteiger partial charge in [0.2, 0.25) is 0 Å². The van der Waals surface area contributed by atoms with Gasteiger partial charge in [0, 0.05) is 16.9 Å². The highest BCUT2D eigenvalue weighted by Crippen LogP contribution is 2.49. The number of hydrogen-bond donors (Lipinski definition) is 0. The van der Waals surface area contributed by atoms with E-state index in [1.54, 1.807) is 0 Å². The van der Waals surface area contributed by atoms with E-state index < -0.39 is 0 Å². The van der Waals surface area contributed by atoms with Gasteiger partial charge in [-0.15, -0.1) is 0 Å². The smallest absolute Gasteiger partial charge is 0.399 e. The quantitative estimate of drug-likeness (QED) is 0.396. The molecule has 3 aliphatic rings. The summed E-state index contributed by atoms with van der Waals surface area (Å²) in [5.41, 5.74) is 8.03. The molecule has 34 heavy (non-hydrogen) atoms. The molecule has 0 bridgehead atoms. The minimum atomic E-state index is -0.339. The molecule has 0 spiro atoms. The first-order valence-corrected chi connectivity index (χ1v) is 12.2. The zero-order chi connectivity index (χ0) is 23.5. The lowest BCUT2D eigenvalue weighted by Crippen LogP contribution is -2.41.